The zero-order valence-corrected chi connectivity index (χ0v) is 19.3. The van der Waals surface area contributed by atoms with E-state index in [1.54, 1.807) is 12.3 Å². The summed E-state index contributed by atoms with van der Waals surface area (Å²) >= 11 is 6.86. The highest BCUT2D eigenvalue weighted by atomic mass is 35.5. The lowest BCUT2D eigenvalue weighted by Crippen LogP contribution is -2.13. The summed E-state index contributed by atoms with van der Waals surface area (Å²) in [4.78, 5) is 12.3. The Balaban J connectivity index is 1.70. The van der Waals surface area contributed by atoms with Gasteiger partial charge >= 0.3 is 0 Å². The van der Waals surface area contributed by atoms with E-state index in [0.29, 0.717) is 51.5 Å². The standard InChI is InChI=1S/C26H19ClN6O2/c27-23-16-5-2-1-4-15(16)19(11-28)22-24-20(13-30-33(24)8-3-9-35-25(22)23)14-6-7-17-18(10-14)21(12-29)31-32-26(17)34/h1-2,4-7,10,13H,3,8-9,12,29H2,(H,32,34). The van der Waals surface area contributed by atoms with Crippen LogP contribution in [-0.2, 0) is 13.1 Å². The first kappa shape index (κ1) is 21.4. The van der Waals surface area contributed by atoms with Gasteiger partial charge in [-0.1, -0.05) is 41.9 Å². The number of nitrogens with two attached hydrogens (primary N) is 1. The lowest BCUT2D eigenvalue weighted by atomic mass is 9.92. The van der Waals surface area contributed by atoms with Gasteiger partial charge in [0.1, 0.15) is 11.8 Å². The maximum absolute atomic E-state index is 12.3. The van der Waals surface area contributed by atoms with Gasteiger partial charge in [-0.05, 0) is 17.7 Å². The minimum absolute atomic E-state index is 0.180. The molecule has 3 N–H and O–H groups in total. The molecule has 9 heteroatoms. The number of aromatic amines is 1. The third kappa shape index (κ3) is 3.21. The molecule has 1 aliphatic heterocycles. The number of fused-ring (bicyclic) bond motifs is 5. The van der Waals surface area contributed by atoms with Gasteiger partial charge in [0.25, 0.3) is 5.56 Å². The van der Waals surface area contributed by atoms with Crippen molar-refractivity contribution in [1.29, 1.82) is 5.26 Å². The molecule has 0 radical (unpaired) electrons. The number of hydrogen-bond acceptors (Lipinski definition) is 6. The number of H-pyrrole nitrogens is 1. The summed E-state index contributed by atoms with van der Waals surface area (Å²) in [5, 5.41) is 24.7. The highest BCUT2D eigenvalue weighted by molar-refractivity contribution is 6.38. The Hall–Kier alpha value is -4.19. The Morgan fingerprint density at radius 1 is 1.17 bits per heavy atom. The van der Waals surface area contributed by atoms with Crippen LogP contribution in [0.1, 0.15) is 17.7 Å². The molecular weight excluding hydrogens is 464 g/mol. The van der Waals surface area contributed by atoms with Crippen LogP contribution in [0, 0.1) is 11.3 Å². The van der Waals surface area contributed by atoms with Crippen LogP contribution in [0.2, 0.25) is 5.02 Å². The lowest BCUT2D eigenvalue weighted by molar-refractivity contribution is 0.296. The van der Waals surface area contributed by atoms with Gasteiger partial charge in [0, 0.05) is 41.2 Å². The molecule has 8 nitrogen and oxygen atoms in total. The van der Waals surface area contributed by atoms with E-state index in [9.17, 15) is 10.1 Å². The van der Waals surface area contributed by atoms with E-state index in [0.717, 1.165) is 34.0 Å². The molecule has 3 heterocycles. The van der Waals surface area contributed by atoms with Crippen molar-refractivity contribution in [3.8, 4) is 34.2 Å². The number of nitrogens with zero attached hydrogens (tertiary/aromatic N) is 4. The normalized spacial score (nSPS) is 12.9. The van der Waals surface area contributed by atoms with Crippen LogP contribution in [0.25, 0.3) is 43.9 Å². The second kappa shape index (κ2) is 8.24. The van der Waals surface area contributed by atoms with Crippen LogP contribution < -0.4 is 16.0 Å². The van der Waals surface area contributed by atoms with E-state index in [2.05, 4.69) is 21.4 Å². The highest BCUT2D eigenvalue weighted by Crippen LogP contribution is 2.48. The monoisotopic (exact) mass is 482 g/mol. The minimum Gasteiger partial charge on any atom is -0.491 e. The van der Waals surface area contributed by atoms with Crippen molar-refractivity contribution < 1.29 is 4.74 Å². The van der Waals surface area contributed by atoms with Crippen molar-refractivity contribution in [3.63, 3.8) is 0 Å². The average Bonchev–Trinajstić information content (AvgIpc) is 3.28. The molecular formula is C26H19ClN6O2. The molecule has 0 saturated heterocycles. The van der Waals surface area contributed by atoms with Crippen LogP contribution in [0.4, 0.5) is 0 Å². The number of nitrogens with one attached hydrogen (secondary N) is 1. The van der Waals surface area contributed by atoms with Crippen LogP contribution in [-0.4, -0.2) is 26.6 Å². The second-order valence-electron chi connectivity index (χ2n) is 8.35. The molecule has 0 aliphatic carbocycles. The Labute approximate surface area is 204 Å². The first-order chi connectivity index (χ1) is 17.1. The number of aromatic nitrogens is 4. The van der Waals surface area contributed by atoms with Gasteiger partial charge in [0.15, 0.2) is 0 Å². The minimum atomic E-state index is -0.280. The summed E-state index contributed by atoms with van der Waals surface area (Å²) in [6.07, 6.45) is 2.51. The molecule has 0 amide bonds. The van der Waals surface area contributed by atoms with Gasteiger partial charge in [0.05, 0.1) is 45.7 Å². The lowest BCUT2D eigenvalue weighted by Gasteiger charge is -2.22. The predicted molar refractivity (Wildman–Crippen MR) is 134 cm³/mol. The quantitative estimate of drug-likeness (QED) is 0.385. The fourth-order valence-electron chi connectivity index (χ4n) is 4.81. The third-order valence-corrected chi connectivity index (χ3v) is 6.81. The predicted octanol–water partition coefficient (Wildman–Crippen LogP) is 4.37. The van der Waals surface area contributed by atoms with Gasteiger partial charge in [-0.25, -0.2) is 5.10 Å². The Bertz CT molecular complexity index is 1750. The fourth-order valence-corrected chi connectivity index (χ4v) is 5.13. The molecule has 0 fully saturated rings. The van der Waals surface area contributed by atoms with Crippen LogP contribution in [0.3, 0.4) is 0 Å². The zero-order valence-electron chi connectivity index (χ0n) is 18.5. The molecule has 0 spiro atoms. The van der Waals surface area contributed by atoms with E-state index >= 15 is 0 Å². The summed E-state index contributed by atoms with van der Waals surface area (Å²) in [7, 11) is 0. The van der Waals surface area contributed by atoms with Gasteiger partial charge in [0.2, 0.25) is 0 Å². The van der Waals surface area contributed by atoms with E-state index < -0.39 is 0 Å². The number of hydrogen-bond donors (Lipinski definition) is 2. The average molecular weight is 483 g/mol. The van der Waals surface area contributed by atoms with Crippen LogP contribution >= 0.6 is 11.6 Å². The second-order valence-corrected chi connectivity index (χ2v) is 8.72. The SMILES string of the molecule is N#Cc1c2c(c(Cl)c3ccccc13)OCCCn1ncc(-c3ccc4c(=O)[nH]nc(CN)c4c3)c1-2. The van der Waals surface area contributed by atoms with Gasteiger partial charge in [-0.2, -0.15) is 15.5 Å². The van der Waals surface area contributed by atoms with Crippen molar-refractivity contribution in [3.05, 3.63) is 75.3 Å². The molecule has 0 bridgehead atoms. The fraction of sp³-hybridized carbons (Fsp3) is 0.154. The summed E-state index contributed by atoms with van der Waals surface area (Å²) in [6.45, 7) is 1.25. The summed E-state index contributed by atoms with van der Waals surface area (Å²) < 4.78 is 8.05. The molecule has 172 valence electrons. The van der Waals surface area contributed by atoms with Gasteiger partial charge in [-0.15, -0.1) is 0 Å². The number of halogens is 1. The van der Waals surface area contributed by atoms with Gasteiger partial charge in [-0.3, -0.25) is 9.48 Å². The molecule has 1 aliphatic rings. The Morgan fingerprint density at radius 3 is 2.80 bits per heavy atom. The molecule has 2 aromatic heterocycles. The maximum atomic E-state index is 12.3. The summed E-state index contributed by atoms with van der Waals surface area (Å²) in [5.41, 5.74) is 9.65. The number of rotatable bonds is 2. The zero-order chi connectivity index (χ0) is 24.1. The topological polar surface area (TPSA) is 123 Å². The first-order valence-electron chi connectivity index (χ1n) is 11.2. The number of nitriles is 1. The Kier molecular flexibility index (Phi) is 5.02. The number of ether oxygens (including phenoxy) is 1. The number of aryl methyl sites for hydroxylation is 1. The smallest absolute Gasteiger partial charge is 0.272 e. The number of benzene rings is 3. The van der Waals surface area contributed by atoms with Crippen molar-refractivity contribution in [2.75, 3.05) is 6.61 Å². The molecule has 6 rings (SSSR count). The first-order valence-corrected chi connectivity index (χ1v) is 11.5. The largest absolute Gasteiger partial charge is 0.491 e. The highest BCUT2D eigenvalue weighted by Gasteiger charge is 2.28. The molecule has 5 aromatic rings. The molecule has 35 heavy (non-hydrogen) atoms. The third-order valence-electron chi connectivity index (χ3n) is 6.43. The summed E-state index contributed by atoms with van der Waals surface area (Å²) in [5.74, 6) is 0.478. The molecule has 3 aromatic carbocycles. The van der Waals surface area contributed by atoms with E-state index in [-0.39, 0.29) is 12.1 Å². The molecule has 0 atom stereocenters. The van der Waals surface area contributed by atoms with E-state index in [4.69, 9.17) is 22.1 Å². The van der Waals surface area contributed by atoms with Crippen molar-refractivity contribution >= 4 is 33.1 Å². The van der Waals surface area contributed by atoms with Crippen molar-refractivity contribution in [2.45, 2.75) is 19.5 Å². The molecule has 0 unspecified atom stereocenters. The van der Waals surface area contributed by atoms with Crippen molar-refractivity contribution in [1.82, 2.24) is 20.0 Å². The summed E-state index contributed by atoms with van der Waals surface area (Å²) in [6, 6.07) is 15.5. The maximum Gasteiger partial charge on any atom is 0.272 e. The molecule has 0 saturated carbocycles. The van der Waals surface area contributed by atoms with Crippen molar-refractivity contribution in [2.24, 2.45) is 5.73 Å². The van der Waals surface area contributed by atoms with E-state index in [1.807, 2.05) is 41.1 Å². The van der Waals surface area contributed by atoms with E-state index in [1.165, 1.54) is 0 Å². The van der Waals surface area contributed by atoms with Gasteiger partial charge < -0.3 is 10.5 Å². The van der Waals surface area contributed by atoms with Crippen LogP contribution in [0.15, 0.2) is 53.5 Å². The van der Waals surface area contributed by atoms with Crippen LogP contribution in [0.5, 0.6) is 5.75 Å². The Morgan fingerprint density at radius 2 is 2.00 bits per heavy atom.